The predicted molar refractivity (Wildman–Crippen MR) is 34.7 cm³/mol. The molecule has 0 heterocycles. The monoisotopic (exact) mass is 128 g/mol. The number of nitrogens with two attached hydrogens (primary N) is 1. The van der Waals surface area contributed by atoms with Gasteiger partial charge in [-0.25, -0.2) is 0 Å². The van der Waals surface area contributed by atoms with Gasteiger partial charge in [-0.15, -0.1) is 0 Å². The van der Waals surface area contributed by atoms with Crippen LogP contribution in [0.1, 0.15) is 13.3 Å². The Balaban J connectivity index is 3.23. The van der Waals surface area contributed by atoms with Crippen LogP contribution in [0, 0.1) is 11.3 Å². The lowest BCUT2D eigenvalue weighted by Crippen LogP contribution is -2.15. The fourth-order valence-electron chi connectivity index (χ4n) is 0.457. The lowest BCUT2D eigenvalue weighted by atomic mass is 10.3. The van der Waals surface area contributed by atoms with Crippen molar-refractivity contribution in [3.05, 3.63) is 0 Å². The average molecular weight is 128 g/mol. The molecule has 0 radical (unpaired) electrons. The maximum Gasteiger partial charge on any atom is 0.143 e. The van der Waals surface area contributed by atoms with E-state index in [4.69, 9.17) is 15.7 Å². The number of ether oxygens (including phenoxy) is 1. The molecule has 0 spiro atoms. The third kappa shape index (κ3) is 3.95. The zero-order valence-electron chi connectivity index (χ0n) is 5.63. The highest BCUT2D eigenvalue weighted by Crippen LogP contribution is 1.93. The molecule has 1 atom stereocenters. The molecular formula is C6H12N2O. The Hall–Kier alpha value is -0.590. The molecule has 0 aliphatic carbocycles. The minimum absolute atomic E-state index is 0.270. The van der Waals surface area contributed by atoms with Crippen LogP contribution in [-0.4, -0.2) is 19.3 Å². The van der Waals surface area contributed by atoms with Crippen LogP contribution < -0.4 is 5.73 Å². The van der Waals surface area contributed by atoms with Gasteiger partial charge in [0.2, 0.25) is 0 Å². The smallest absolute Gasteiger partial charge is 0.143 e. The first-order valence-corrected chi connectivity index (χ1v) is 3.06. The second-order valence-electron chi connectivity index (χ2n) is 1.69. The van der Waals surface area contributed by atoms with Crippen LogP contribution in [0.2, 0.25) is 0 Å². The van der Waals surface area contributed by atoms with E-state index in [1.807, 2.05) is 13.0 Å². The minimum atomic E-state index is -0.270. The van der Waals surface area contributed by atoms with Gasteiger partial charge in [0.25, 0.3) is 0 Å². The first-order valence-electron chi connectivity index (χ1n) is 3.06. The van der Waals surface area contributed by atoms with Crippen LogP contribution in [0.15, 0.2) is 0 Å². The summed E-state index contributed by atoms with van der Waals surface area (Å²) < 4.78 is 5.00. The summed E-state index contributed by atoms with van der Waals surface area (Å²) in [4.78, 5) is 0. The zero-order chi connectivity index (χ0) is 7.11. The highest BCUT2D eigenvalue weighted by Gasteiger charge is 2.00. The predicted octanol–water partition coefficient (Wildman–Crippen LogP) is 0.264. The van der Waals surface area contributed by atoms with Gasteiger partial charge in [0.1, 0.15) is 6.10 Å². The van der Waals surface area contributed by atoms with E-state index >= 15 is 0 Å². The SMILES string of the molecule is CCC(C#N)OCCN. The van der Waals surface area contributed by atoms with Gasteiger partial charge >= 0.3 is 0 Å². The second-order valence-corrected chi connectivity index (χ2v) is 1.69. The molecular weight excluding hydrogens is 116 g/mol. The van der Waals surface area contributed by atoms with Gasteiger partial charge in [0, 0.05) is 6.54 Å². The summed E-state index contributed by atoms with van der Waals surface area (Å²) in [5, 5.41) is 8.34. The molecule has 3 nitrogen and oxygen atoms in total. The molecule has 0 bridgehead atoms. The molecule has 0 amide bonds. The van der Waals surface area contributed by atoms with Gasteiger partial charge in [-0.3, -0.25) is 0 Å². The summed E-state index contributed by atoms with van der Waals surface area (Å²) in [6, 6.07) is 2.01. The molecule has 2 N–H and O–H groups in total. The molecule has 9 heavy (non-hydrogen) atoms. The van der Waals surface area contributed by atoms with E-state index in [1.54, 1.807) is 0 Å². The molecule has 0 saturated carbocycles. The van der Waals surface area contributed by atoms with Crippen molar-refractivity contribution in [1.29, 1.82) is 5.26 Å². The molecule has 3 heteroatoms. The summed E-state index contributed by atoms with van der Waals surface area (Å²) in [6.07, 6.45) is 0.463. The topological polar surface area (TPSA) is 59.0 Å². The van der Waals surface area contributed by atoms with Crippen LogP contribution in [0.5, 0.6) is 0 Å². The first kappa shape index (κ1) is 8.41. The standard InChI is InChI=1S/C6H12N2O/c1-2-6(5-8)9-4-3-7/h6H,2-4,7H2,1H3. The Morgan fingerprint density at radius 3 is 2.78 bits per heavy atom. The van der Waals surface area contributed by atoms with Crippen molar-refractivity contribution in [1.82, 2.24) is 0 Å². The van der Waals surface area contributed by atoms with Crippen molar-refractivity contribution >= 4 is 0 Å². The fourth-order valence-corrected chi connectivity index (χ4v) is 0.457. The zero-order valence-corrected chi connectivity index (χ0v) is 5.63. The van der Waals surface area contributed by atoms with Gasteiger partial charge in [-0.2, -0.15) is 5.26 Å². The lowest BCUT2D eigenvalue weighted by Gasteiger charge is -2.04. The lowest BCUT2D eigenvalue weighted by molar-refractivity contribution is 0.0940. The van der Waals surface area contributed by atoms with E-state index in [9.17, 15) is 0 Å². The summed E-state index contributed by atoms with van der Waals surface area (Å²) in [6.45, 7) is 2.87. The molecule has 0 aromatic heterocycles. The van der Waals surface area contributed by atoms with Crippen molar-refractivity contribution in [3.63, 3.8) is 0 Å². The summed E-state index contributed by atoms with van der Waals surface area (Å²) in [5.41, 5.74) is 5.15. The van der Waals surface area contributed by atoms with E-state index in [-0.39, 0.29) is 6.10 Å². The Labute approximate surface area is 55.4 Å². The van der Waals surface area contributed by atoms with Crippen LogP contribution >= 0.6 is 0 Å². The van der Waals surface area contributed by atoms with Gasteiger partial charge in [0.15, 0.2) is 0 Å². The summed E-state index contributed by atoms with van der Waals surface area (Å²) in [7, 11) is 0. The van der Waals surface area contributed by atoms with Gasteiger partial charge in [-0.05, 0) is 6.42 Å². The Morgan fingerprint density at radius 1 is 1.78 bits per heavy atom. The first-order chi connectivity index (χ1) is 4.35. The van der Waals surface area contributed by atoms with Gasteiger partial charge in [-0.1, -0.05) is 6.92 Å². The normalized spacial score (nSPS) is 12.6. The molecule has 0 aliphatic heterocycles. The third-order valence-corrected chi connectivity index (χ3v) is 0.952. The van der Waals surface area contributed by atoms with Crippen LogP contribution in [-0.2, 0) is 4.74 Å². The number of rotatable bonds is 4. The largest absolute Gasteiger partial charge is 0.362 e. The third-order valence-electron chi connectivity index (χ3n) is 0.952. The highest BCUT2D eigenvalue weighted by atomic mass is 16.5. The maximum absolute atomic E-state index is 8.34. The van der Waals surface area contributed by atoms with Crippen molar-refractivity contribution in [3.8, 4) is 6.07 Å². The Bertz CT molecular complexity index is 97.7. The van der Waals surface area contributed by atoms with Crippen LogP contribution in [0.25, 0.3) is 0 Å². The molecule has 1 unspecified atom stereocenters. The molecule has 52 valence electrons. The van der Waals surface area contributed by atoms with E-state index in [0.717, 1.165) is 6.42 Å². The molecule has 0 fully saturated rings. The number of nitrogens with zero attached hydrogens (tertiary/aromatic N) is 1. The van der Waals surface area contributed by atoms with E-state index < -0.39 is 0 Å². The molecule has 0 aromatic rings. The van der Waals surface area contributed by atoms with E-state index in [2.05, 4.69) is 0 Å². The van der Waals surface area contributed by atoms with Crippen molar-refractivity contribution < 1.29 is 4.74 Å². The maximum atomic E-state index is 8.34. The average Bonchev–Trinajstić information content (AvgIpc) is 1.91. The second kappa shape index (κ2) is 5.54. The Morgan fingerprint density at radius 2 is 2.44 bits per heavy atom. The number of hydrogen-bond acceptors (Lipinski definition) is 3. The van der Waals surface area contributed by atoms with Crippen molar-refractivity contribution in [2.24, 2.45) is 5.73 Å². The summed E-state index contributed by atoms with van der Waals surface area (Å²) >= 11 is 0. The Kier molecular flexibility index (Phi) is 5.18. The molecule has 0 rings (SSSR count). The van der Waals surface area contributed by atoms with E-state index in [0.29, 0.717) is 13.2 Å². The molecule has 0 aliphatic rings. The van der Waals surface area contributed by atoms with Crippen molar-refractivity contribution in [2.45, 2.75) is 19.4 Å². The van der Waals surface area contributed by atoms with E-state index in [1.165, 1.54) is 0 Å². The molecule has 0 saturated heterocycles. The van der Waals surface area contributed by atoms with Gasteiger partial charge in [0.05, 0.1) is 12.7 Å². The fraction of sp³-hybridized carbons (Fsp3) is 0.833. The number of hydrogen-bond donors (Lipinski definition) is 1. The molecule has 0 aromatic carbocycles. The minimum Gasteiger partial charge on any atom is -0.362 e. The summed E-state index contributed by atoms with van der Waals surface area (Å²) in [5.74, 6) is 0. The van der Waals surface area contributed by atoms with Crippen LogP contribution in [0.4, 0.5) is 0 Å². The van der Waals surface area contributed by atoms with Gasteiger partial charge < -0.3 is 10.5 Å². The number of nitriles is 1. The van der Waals surface area contributed by atoms with Crippen molar-refractivity contribution in [2.75, 3.05) is 13.2 Å². The quantitative estimate of drug-likeness (QED) is 0.591. The van der Waals surface area contributed by atoms with Crippen LogP contribution in [0.3, 0.4) is 0 Å². The highest BCUT2D eigenvalue weighted by molar-refractivity contribution is 4.82.